The number of alkyl halides is 2. The number of carbonyl (C=O) groups is 2. The van der Waals surface area contributed by atoms with E-state index < -0.39 is 12.3 Å². The first kappa shape index (κ1) is 29.4. The van der Waals surface area contributed by atoms with E-state index in [-0.39, 0.29) is 32.5 Å². The topological polar surface area (TPSA) is 79.3 Å². The summed E-state index contributed by atoms with van der Waals surface area (Å²) in [5, 5.41) is 6.51. The van der Waals surface area contributed by atoms with Crippen molar-refractivity contribution in [1.82, 2.24) is 19.8 Å². The summed E-state index contributed by atoms with van der Waals surface area (Å²) in [6.07, 6.45) is 2.49. The highest BCUT2D eigenvalue weighted by atomic mass is 32.1. The van der Waals surface area contributed by atoms with E-state index in [1.54, 1.807) is 0 Å². The zero-order chi connectivity index (χ0) is 29.5. The lowest BCUT2D eigenvalue weighted by Gasteiger charge is -2.53. The molecule has 3 heterocycles. The second-order valence-corrected chi connectivity index (χ2v) is 13.8. The molecular weight excluding hydrogens is 544 g/mol. The summed E-state index contributed by atoms with van der Waals surface area (Å²) in [6.45, 7) is 14.6. The molecule has 5 rings (SSSR count). The second-order valence-electron chi connectivity index (χ2n) is 12.7. The van der Waals surface area contributed by atoms with Crippen molar-refractivity contribution in [3.8, 4) is 0 Å². The summed E-state index contributed by atoms with van der Waals surface area (Å²) >= 11 is 0.793. The van der Waals surface area contributed by atoms with Gasteiger partial charge in [-0.3, -0.25) is 14.9 Å². The molecule has 2 fully saturated rings. The maximum Gasteiger partial charge on any atom is 0.272 e. The zero-order valence-corrected chi connectivity index (χ0v) is 25.0. The Morgan fingerprint density at radius 3 is 2.66 bits per heavy atom. The molecule has 1 spiro atoms. The first-order valence-corrected chi connectivity index (χ1v) is 15.1. The minimum absolute atomic E-state index is 0.0328. The van der Waals surface area contributed by atoms with Gasteiger partial charge in [-0.2, -0.15) is 0 Å². The quantitative estimate of drug-likeness (QED) is 0.282. The van der Waals surface area contributed by atoms with Crippen molar-refractivity contribution in [3.05, 3.63) is 58.3 Å². The van der Waals surface area contributed by atoms with Gasteiger partial charge in [-0.1, -0.05) is 33.4 Å². The molecule has 1 atom stereocenters. The zero-order valence-electron chi connectivity index (χ0n) is 24.2. The number of hydrogen-bond donors (Lipinski definition) is 2. The molecule has 0 unspecified atom stereocenters. The van der Waals surface area contributed by atoms with E-state index >= 15 is 0 Å². The van der Waals surface area contributed by atoms with E-state index in [0.717, 1.165) is 60.2 Å². The smallest absolute Gasteiger partial charge is 0.272 e. The number of carbonyl (C=O) groups excluding carboxylic acids is 2. The number of rotatable bonds is 8. The average Bonchev–Trinajstić information content (AvgIpc) is 3.54. The number of thiophene rings is 1. The van der Waals surface area contributed by atoms with Crippen LogP contribution in [0.15, 0.2) is 43.0 Å². The summed E-state index contributed by atoms with van der Waals surface area (Å²) in [7, 11) is 0. The molecule has 1 saturated carbocycles. The van der Waals surface area contributed by atoms with Crippen LogP contribution in [0.3, 0.4) is 0 Å². The summed E-state index contributed by atoms with van der Waals surface area (Å²) in [5.41, 5.74) is 2.94. The van der Waals surface area contributed by atoms with Gasteiger partial charge in [0.1, 0.15) is 0 Å². The molecule has 2 aliphatic rings. The van der Waals surface area contributed by atoms with Gasteiger partial charge in [0.15, 0.2) is 0 Å². The molecular formula is C31H39F2N5O2S. The molecule has 0 bridgehead atoms. The summed E-state index contributed by atoms with van der Waals surface area (Å²) < 4.78 is 28.4. The molecule has 7 nitrogen and oxygen atoms in total. The number of fused-ring (bicyclic) bond motifs is 1. The fraction of sp³-hybridized carbons (Fsp3) is 0.516. The number of hydrogen-bond acceptors (Lipinski definition) is 5. The first-order chi connectivity index (χ1) is 19.4. The van der Waals surface area contributed by atoms with Crippen LogP contribution in [0.1, 0.15) is 86.0 Å². The first-order valence-electron chi connectivity index (χ1n) is 14.2. The van der Waals surface area contributed by atoms with Gasteiger partial charge in [0.05, 0.1) is 20.8 Å². The van der Waals surface area contributed by atoms with Crippen LogP contribution >= 0.6 is 11.3 Å². The Hall–Kier alpha value is -3.11. The van der Waals surface area contributed by atoms with E-state index in [1.165, 1.54) is 18.2 Å². The minimum atomic E-state index is -2.62. The third kappa shape index (κ3) is 6.09. The largest absolute Gasteiger partial charge is 0.339 e. The number of halogens is 2. The third-order valence-corrected chi connectivity index (χ3v) is 9.90. The Morgan fingerprint density at radius 1 is 1.24 bits per heavy atom. The number of anilines is 1. The molecule has 2 amide bonds. The lowest BCUT2D eigenvalue weighted by Crippen LogP contribution is -2.52. The van der Waals surface area contributed by atoms with Crippen LogP contribution in [0.2, 0.25) is 0 Å². The predicted molar refractivity (Wildman–Crippen MR) is 159 cm³/mol. The number of imidazole rings is 1. The average molecular weight is 584 g/mol. The van der Waals surface area contributed by atoms with Crippen molar-refractivity contribution in [2.24, 2.45) is 10.8 Å². The van der Waals surface area contributed by atoms with Crippen LogP contribution in [0.25, 0.3) is 11.0 Å². The van der Waals surface area contributed by atoms with Crippen molar-refractivity contribution in [2.75, 3.05) is 18.4 Å². The van der Waals surface area contributed by atoms with E-state index in [2.05, 4.69) is 61.6 Å². The SMILES string of the molecule is C=CC(=O)N1CCC[C@]2(C1)C[C@@H](n1c(NC(=O)c3ccc(C(F)F)s3)nc3cc(CN[C@@H](C)C(C)(C)C)ccc31)C2. The van der Waals surface area contributed by atoms with Gasteiger partial charge in [-0.05, 0) is 79.3 Å². The highest BCUT2D eigenvalue weighted by molar-refractivity contribution is 7.14. The van der Waals surface area contributed by atoms with Crippen LogP contribution in [0.5, 0.6) is 0 Å². The number of likely N-dealkylation sites (tertiary alicyclic amines) is 1. The van der Waals surface area contributed by atoms with Gasteiger partial charge in [0, 0.05) is 31.7 Å². The summed E-state index contributed by atoms with van der Waals surface area (Å²) in [4.78, 5) is 32.2. The van der Waals surface area contributed by atoms with Gasteiger partial charge in [-0.25, -0.2) is 13.8 Å². The van der Waals surface area contributed by atoms with E-state index in [1.807, 2.05) is 11.0 Å². The molecule has 1 aliphatic heterocycles. The van der Waals surface area contributed by atoms with E-state index in [0.29, 0.717) is 25.1 Å². The van der Waals surface area contributed by atoms with E-state index in [4.69, 9.17) is 4.98 Å². The molecule has 41 heavy (non-hydrogen) atoms. The van der Waals surface area contributed by atoms with Crippen molar-refractivity contribution < 1.29 is 18.4 Å². The molecule has 3 aromatic rings. The number of benzene rings is 1. The van der Waals surface area contributed by atoms with Crippen LogP contribution < -0.4 is 10.6 Å². The Kier molecular flexibility index (Phi) is 8.09. The number of nitrogens with one attached hydrogen (secondary N) is 2. The third-order valence-electron chi connectivity index (χ3n) is 8.81. The van der Waals surface area contributed by atoms with Crippen LogP contribution in [-0.4, -0.2) is 45.4 Å². The minimum Gasteiger partial charge on any atom is -0.339 e. The van der Waals surface area contributed by atoms with Crippen molar-refractivity contribution in [3.63, 3.8) is 0 Å². The standard InChI is InChI=1S/C31H39F2N5O2S/c1-6-26(39)37-13-7-12-31(18-37)15-21(16-31)38-23-9-8-20(17-34-19(2)30(3,4)5)14-22(23)35-29(38)36-28(40)25-11-10-24(41-25)27(32)33/h6,8-11,14,19,21,27,34H,1,7,12-13,15-18H2,2-5H3,(H,35,36,40)/t19-,21-,31+/m0/s1. The normalized spacial score (nSPS) is 21.7. The molecule has 1 saturated heterocycles. The van der Waals surface area contributed by atoms with Crippen LogP contribution in [-0.2, 0) is 11.3 Å². The molecule has 2 N–H and O–H groups in total. The maximum absolute atomic E-state index is 13.2. The summed E-state index contributed by atoms with van der Waals surface area (Å²) in [5.74, 6) is -0.0664. The number of amides is 2. The van der Waals surface area contributed by atoms with Crippen LogP contribution in [0.4, 0.5) is 14.7 Å². The molecule has 2 aromatic heterocycles. The second kappa shape index (κ2) is 11.3. The Morgan fingerprint density at radius 2 is 2.00 bits per heavy atom. The van der Waals surface area contributed by atoms with Crippen molar-refractivity contribution in [2.45, 2.75) is 78.4 Å². The Labute approximate surface area is 244 Å². The van der Waals surface area contributed by atoms with E-state index in [9.17, 15) is 18.4 Å². The molecule has 0 radical (unpaired) electrons. The highest BCUT2D eigenvalue weighted by Gasteiger charge is 2.48. The molecule has 10 heteroatoms. The van der Waals surface area contributed by atoms with Crippen molar-refractivity contribution in [1.29, 1.82) is 0 Å². The lowest BCUT2D eigenvalue weighted by atomic mass is 9.61. The fourth-order valence-electron chi connectivity index (χ4n) is 6.03. The monoisotopic (exact) mass is 583 g/mol. The Bertz CT molecular complexity index is 1450. The highest BCUT2D eigenvalue weighted by Crippen LogP contribution is 2.55. The number of piperidine rings is 1. The summed E-state index contributed by atoms with van der Waals surface area (Å²) in [6, 6.07) is 9.31. The molecule has 1 aliphatic carbocycles. The van der Waals surface area contributed by atoms with Gasteiger partial charge in [0.25, 0.3) is 12.3 Å². The van der Waals surface area contributed by atoms with Gasteiger partial charge in [0.2, 0.25) is 11.9 Å². The molecule has 220 valence electrons. The van der Waals surface area contributed by atoms with Gasteiger partial charge < -0.3 is 14.8 Å². The predicted octanol–water partition coefficient (Wildman–Crippen LogP) is 6.94. The lowest BCUT2D eigenvalue weighted by molar-refractivity contribution is -0.132. The number of aromatic nitrogens is 2. The van der Waals surface area contributed by atoms with Crippen molar-refractivity contribution >= 4 is 40.1 Å². The Balaban J connectivity index is 1.42. The van der Waals surface area contributed by atoms with Gasteiger partial charge in [-0.15, -0.1) is 11.3 Å². The van der Waals surface area contributed by atoms with Crippen LogP contribution in [0, 0.1) is 10.8 Å². The number of nitrogens with zero attached hydrogens (tertiary/aromatic N) is 3. The maximum atomic E-state index is 13.2. The fourth-order valence-corrected chi connectivity index (χ4v) is 6.78. The molecule has 1 aromatic carbocycles. The van der Waals surface area contributed by atoms with Gasteiger partial charge >= 0.3 is 0 Å².